The number of hydrogen-bond acceptors (Lipinski definition) is 2. The summed E-state index contributed by atoms with van der Waals surface area (Å²) in [5.41, 5.74) is -2.77. The zero-order chi connectivity index (χ0) is 14.2. The van der Waals surface area contributed by atoms with Gasteiger partial charge in [-0.15, -0.1) is 0 Å². The molecule has 0 spiro atoms. The van der Waals surface area contributed by atoms with Crippen LogP contribution in [0.3, 0.4) is 0 Å². The number of alkyl halides is 3. The molecule has 1 fully saturated rings. The maximum Gasteiger partial charge on any atom is 0.432 e. The van der Waals surface area contributed by atoms with E-state index in [4.69, 9.17) is 11.6 Å². The molecule has 2 heterocycles. The Bertz CT molecular complexity index is 562. The van der Waals surface area contributed by atoms with Gasteiger partial charge < -0.3 is 9.88 Å². The number of carbonyl (C=O) groups excluding carboxylic acids is 1. The molecule has 1 aliphatic rings. The molecule has 104 valence electrons. The third kappa shape index (κ3) is 2.75. The van der Waals surface area contributed by atoms with Crippen LogP contribution < -0.4 is 5.56 Å². The zero-order valence-electron chi connectivity index (χ0n) is 9.68. The minimum Gasteiger partial charge on any atom is -0.338 e. The fraction of sp³-hybridized carbons (Fsp3) is 0.455. The summed E-state index contributed by atoms with van der Waals surface area (Å²) < 4.78 is 37.5. The Labute approximate surface area is 111 Å². The van der Waals surface area contributed by atoms with Crippen LogP contribution in [0.15, 0.2) is 10.9 Å². The smallest absolute Gasteiger partial charge is 0.338 e. The average Bonchev–Trinajstić information content (AvgIpc) is 2.83. The molecule has 0 bridgehead atoms. The lowest BCUT2D eigenvalue weighted by molar-refractivity contribution is -0.141. The molecule has 0 atom stereocenters. The lowest BCUT2D eigenvalue weighted by Crippen LogP contribution is -2.33. The van der Waals surface area contributed by atoms with Crippen molar-refractivity contribution >= 4 is 17.5 Å². The quantitative estimate of drug-likeness (QED) is 0.864. The molecule has 2 rings (SSSR count). The molecule has 1 saturated heterocycles. The summed E-state index contributed by atoms with van der Waals surface area (Å²) in [7, 11) is 0. The van der Waals surface area contributed by atoms with Gasteiger partial charge in [-0.05, 0) is 18.9 Å². The summed E-state index contributed by atoms with van der Waals surface area (Å²) in [5.74, 6) is -0.589. The second kappa shape index (κ2) is 4.88. The summed E-state index contributed by atoms with van der Waals surface area (Å²) in [4.78, 5) is 26.6. The lowest BCUT2D eigenvalue weighted by atomic mass is 10.2. The van der Waals surface area contributed by atoms with Crippen LogP contribution in [-0.2, 0) is 6.18 Å². The van der Waals surface area contributed by atoms with Crippen molar-refractivity contribution in [2.75, 3.05) is 13.1 Å². The monoisotopic (exact) mass is 294 g/mol. The standard InChI is InChI=1S/C11H10ClF3N2O2/c12-7-5-6(10(19)17-3-1-2-4-17)9(18)16-8(7)11(13,14)15/h5H,1-4H2,(H,16,18). The van der Waals surface area contributed by atoms with E-state index in [1.54, 1.807) is 4.98 Å². The first-order valence-electron chi connectivity index (χ1n) is 5.60. The van der Waals surface area contributed by atoms with Crippen molar-refractivity contribution in [2.45, 2.75) is 19.0 Å². The average molecular weight is 295 g/mol. The number of H-pyrrole nitrogens is 1. The van der Waals surface area contributed by atoms with Crippen LogP contribution in [0.1, 0.15) is 28.9 Å². The second-order valence-corrected chi connectivity index (χ2v) is 4.64. The van der Waals surface area contributed by atoms with Gasteiger partial charge in [-0.1, -0.05) is 11.6 Å². The van der Waals surface area contributed by atoms with Gasteiger partial charge in [0.1, 0.15) is 11.3 Å². The first-order valence-corrected chi connectivity index (χ1v) is 5.98. The number of nitrogens with zero attached hydrogens (tertiary/aromatic N) is 1. The molecule has 0 aromatic carbocycles. The Morgan fingerprint density at radius 2 is 1.89 bits per heavy atom. The van der Waals surface area contributed by atoms with Crippen LogP contribution in [0.4, 0.5) is 13.2 Å². The number of rotatable bonds is 1. The Morgan fingerprint density at radius 3 is 2.42 bits per heavy atom. The van der Waals surface area contributed by atoms with Gasteiger partial charge in [0.15, 0.2) is 0 Å². The molecule has 0 radical (unpaired) electrons. The van der Waals surface area contributed by atoms with Crippen molar-refractivity contribution in [3.63, 3.8) is 0 Å². The molecule has 1 aromatic rings. The van der Waals surface area contributed by atoms with Gasteiger partial charge in [0.2, 0.25) is 0 Å². The highest BCUT2D eigenvalue weighted by Crippen LogP contribution is 2.32. The van der Waals surface area contributed by atoms with E-state index in [0.717, 1.165) is 18.9 Å². The minimum atomic E-state index is -4.76. The first-order chi connectivity index (χ1) is 8.80. The van der Waals surface area contributed by atoms with Crippen LogP contribution in [-0.4, -0.2) is 28.9 Å². The third-order valence-corrected chi connectivity index (χ3v) is 3.20. The van der Waals surface area contributed by atoms with Crippen molar-refractivity contribution in [1.82, 2.24) is 9.88 Å². The fourth-order valence-electron chi connectivity index (χ4n) is 1.96. The predicted octanol–water partition coefficient (Wildman–Crippen LogP) is 2.28. The number of pyridine rings is 1. The normalized spacial score (nSPS) is 15.9. The maximum atomic E-state index is 12.5. The van der Waals surface area contributed by atoms with Crippen molar-refractivity contribution in [3.05, 3.63) is 32.7 Å². The van der Waals surface area contributed by atoms with E-state index in [0.29, 0.717) is 13.1 Å². The molecule has 1 N–H and O–H groups in total. The fourth-order valence-corrected chi connectivity index (χ4v) is 2.22. The van der Waals surface area contributed by atoms with E-state index in [9.17, 15) is 22.8 Å². The summed E-state index contributed by atoms with van der Waals surface area (Å²) in [6, 6.07) is 0.782. The first kappa shape index (κ1) is 13.9. The molecular formula is C11H10ClF3N2O2. The number of likely N-dealkylation sites (tertiary alicyclic amines) is 1. The number of hydrogen-bond donors (Lipinski definition) is 1. The lowest BCUT2D eigenvalue weighted by Gasteiger charge is -2.15. The van der Waals surface area contributed by atoms with Crippen molar-refractivity contribution < 1.29 is 18.0 Å². The zero-order valence-corrected chi connectivity index (χ0v) is 10.4. The molecule has 0 unspecified atom stereocenters. The van der Waals surface area contributed by atoms with Gasteiger partial charge in [0.05, 0.1) is 5.02 Å². The van der Waals surface area contributed by atoms with Crippen LogP contribution in [0.5, 0.6) is 0 Å². The Hall–Kier alpha value is -1.50. The molecule has 19 heavy (non-hydrogen) atoms. The van der Waals surface area contributed by atoms with E-state index in [1.165, 1.54) is 4.90 Å². The summed E-state index contributed by atoms with van der Waals surface area (Å²) in [6.07, 6.45) is -3.12. The van der Waals surface area contributed by atoms with Gasteiger partial charge in [-0.2, -0.15) is 13.2 Å². The van der Waals surface area contributed by atoms with Gasteiger partial charge in [0, 0.05) is 13.1 Å². The number of nitrogens with one attached hydrogen (secondary N) is 1. The molecule has 4 nitrogen and oxygen atoms in total. The van der Waals surface area contributed by atoms with Crippen LogP contribution in [0, 0.1) is 0 Å². The highest BCUT2D eigenvalue weighted by molar-refractivity contribution is 6.31. The van der Waals surface area contributed by atoms with Gasteiger partial charge in [-0.25, -0.2) is 0 Å². The molecule has 0 aliphatic carbocycles. The van der Waals surface area contributed by atoms with E-state index >= 15 is 0 Å². The van der Waals surface area contributed by atoms with Crippen molar-refractivity contribution in [3.8, 4) is 0 Å². The molecule has 1 amide bonds. The number of aromatic nitrogens is 1. The van der Waals surface area contributed by atoms with Gasteiger partial charge in [-0.3, -0.25) is 9.59 Å². The van der Waals surface area contributed by atoms with Crippen molar-refractivity contribution in [1.29, 1.82) is 0 Å². The van der Waals surface area contributed by atoms with Crippen LogP contribution in [0.2, 0.25) is 5.02 Å². The summed E-state index contributed by atoms with van der Waals surface area (Å²) >= 11 is 5.48. The predicted molar refractivity (Wildman–Crippen MR) is 62.2 cm³/mol. The molecular weight excluding hydrogens is 285 g/mol. The molecule has 1 aromatic heterocycles. The second-order valence-electron chi connectivity index (χ2n) is 4.23. The Morgan fingerprint density at radius 1 is 1.32 bits per heavy atom. The number of carbonyl (C=O) groups is 1. The Kier molecular flexibility index (Phi) is 3.58. The number of aromatic amines is 1. The largest absolute Gasteiger partial charge is 0.432 e. The van der Waals surface area contributed by atoms with Crippen LogP contribution in [0.25, 0.3) is 0 Å². The van der Waals surface area contributed by atoms with E-state index < -0.39 is 28.4 Å². The highest BCUT2D eigenvalue weighted by atomic mass is 35.5. The molecule has 8 heteroatoms. The van der Waals surface area contributed by atoms with Crippen LogP contribution >= 0.6 is 11.6 Å². The SMILES string of the molecule is O=C(c1cc(Cl)c(C(F)(F)F)[nH]c1=O)N1CCCC1. The third-order valence-electron chi connectivity index (χ3n) is 2.90. The number of amides is 1. The minimum absolute atomic E-state index is 0.361. The van der Waals surface area contributed by atoms with E-state index in [-0.39, 0.29) is 5.56 Å². The summed E-state index contributed by atoms with van der Waals surface area (Å²) in [5, 5.41) is -0.686. The van der Waals surface area contributed by atoms with Gasteiger partial charge in [0.25, 0.3) is 11.5 Å². The van der Waals surface area contributed by atoms with E-state index in [1.807, 2.05) is 0 Å². The molecule has 1 aliphatic heterocycles. The van der Waals surface area contributed by atoms with Gasteiger partial charge >= 0.3 is 6.18 Å². The number of halogens is 4. The van der Waals surface area contributed by atoms with Crippen molar-refractivity contribution in [2.24, 2.45) is 0 Å². The maximum absolute atomic E-state index is 12.5. The molecule has 0 saturated carbocycles. The van der Waals surface area contributed by atoms with E-state index in [2.05, 4.69) is 0 Å². The summed E-state index contributed by atoms with van der Waals surface area (Å²) in [6.45, 7) is 0.994. The topological polar surface area (TPSA) is 53.2 Å². The highest BCUT2D eigenvalue weighted by Gasteiger charge is 2.36. The Balaban J connectivity index is 2.41.